The van der Waals surface area contributed by atoms with E-state index in [9.17, 15) is 4.79 Å². The highest BCUT2D eigenvalue weighted by atomic mass is 35.5. The zero-order chi connectivity index (χ0) is 29.6. The van der Waals surface area contributed by atoms with Crippen LogP contribution in [0, 0.1) is 0 Å². The second kappa shape index (κ2) is 13.5. The van der Waals surface area contributed by atoms with Gasteiger partial charge >= 0.3 is 5.97 Å². The Morgan fingerprint density at radius 3 is 2.36 bits per heavy atom. The number of esters is 1. The molecule has 3 aromatic carbocycles. The highest BCUT2D eigenvalue weighted by molar-refractivity contribution is 7.98. The topological polar surface area (TPSA) is 87.5 Å². The molecule has 0 saturated carbocycles. The maximum atomic E-state index is 13.3. The minimum Gasteiger partial charge on any atom is -0.490 e. The SMILES string of the molecule is CCOC(=O)C1=C(C)Nc2nc(SCc3ccccc3Cl)nn2C1c1ccc(OCc2ccccc2Cl)c(OCC)c1. The predicted octanol–water partition coefficient (Wildman–Crippen LogP) is 7.71. The van der Waals surface area contributed by atoms with Crippen molar-refractivity contribution < 1.29 is 19.0 Å². The van der Waals surface area contributed by atoms with Crippen LogP contribution in [0.4, 0.5) is 5.95 Å². The minimum absolute atomic E-state index is 0.241. The van der Waals surface area contributed by atoms with Crippen LogP contribution in [0.25, 0.3) is 0 Å². The first-order valence-electron chi connectivity index (χ1n) is 13.5. The second-order valence-corrected chi connectivity index (χ2v) is 11.1. The highest BCUT2D eigenvalue weighted by Gasteiger charge is 2.35. The van der Waals surface area contributed by atoms with Crippen LogP contribution in [0.5, 0.6) is 11.5 Å². The first-order chi connectivity index (χ1) is 20.4. The lowest BCUT2D eigenvalue weighted by molar-refractivity contribution is -0.139. The molecule has 11 heteroatoms. The number of halogens is 2. The van der Waals surface area contributed by atoms with Crippen LogP contribution < -0.4 is 14.8 Å². The summed E-state index contributed by atoms with van der Waals surface area (Å²) in [7, 11) is 0. The number of nitrogens with one attached hydrogen (secondary N) is 1. The summed E-state index contributed by atoms with van der Waals surface area (Å²) in [4.78, 5) is 18.0. The third-order valence-corrected chi connectivity index (χ3v) is 8.19. The van der Waals surface area contributed by atoms with Crippen molar-refractivity contribution in [3.63, 3.8) is 0 Å². The Labute approximate surface area is 259 Å². The Morgan fingerprint density at radius 1 is 0.952 bits per heavy atom. The standard InChI is InChI=1S/C31H30Cl2N4O4S/c1-4-39-26-16-20(14-15-25(26)41-17-21-10-6-8-12-23(21)32)28-27(29(38)40-5-2)19(3)34-30-35-31(36-37(28)30)42-18-22-11-7-9-13-24(22)33/h6-16,28H,4-5,17-18H2,1-3H3,(H,34,35,36). The molecule has 0 aliphatic carbocycles. The van der Waals surface area contributed by atoms with Gasteiger partial charge in [0.1, 0.15) is 12.6 Å². The molecule has 0 spiro atoms. The normalized spacial score (nSPS) is 14.3. The molecule has 1 aromatic heterocycles. The van der Waals surface area contributed by atoms with E-state index in [1.807, 2.05) is 80.6 Å². The van der Waals surface area contributed by atoms with Crippen molar-refractivity contribution in [1.29, 1.82) is 0 Å². The maximum Gasteiger partial charge on any atom is 0.338 e. The Bertz CT molecular complexity index is 1620. The van der Waals surface area contributed by atoms with Crippen LogP contribution in [-0.2, 0) is 21.9 Å². The van der Waals surface area contributed by atoms with Crippen molar-refractivity contribution in [3.8, 4) is 11.5 Å². The molecule has 2 heterocycles. The number of nitrogens with zero attached hydrogens (tertiary/aromatic N) is 3. The van der Waals surface area contributed by atoms with Gasteiger partial charge in [-0.1, -0.05) is 77.4 Å². The number of thioether (sulfide) groups is 1. The summed E-state index contributed by atoms with van der Waals surface area (Å²) in [5.74, 6) is 1.77. The van der Waals surface area contributed by atoms with Gasteiger partial charge in [-0.3, -0.25) is 0 Å². The molecule has 0 bridgehead atoms. The highest BCUT2D eigenvalue weighted by Crippen LogP contribution is 2.40. The molecular weight excluding hydrogens is 595 g/mol. The van der Waals surface area contributed by atoms with Gasteiger partial charge in [-0.2, -0.15) is 4.98 Å². The molecule has 0 fully saturated rings. The molecule has 1 N–H and O–H groups in total. The van der Waals surface area contributed by atoms with E-state index >= 15 is 0 Å². The minimum atomic E-state index is -0.612. The Kier molecular flexibility index (Phi) is 9.62. The number of ether oxygens (including phenoxy) is 3. The Hall–Kier alpha value is -3.66. The van der Waals surface area contributed by atoms with Crippen LogP contribution >= 0.6 is 35.0 Å². The van der Waals surface area contributed by atoms with Gasteiger partial charge in [-0.25, -0.2) is 9.48 Å². The van der Waals surface area contributed by atoms with Gasteiger partial charge in [-0.05, 0) is 56.2 Å². The lowest BCUT2D eigenvalue weighted by Gasteiger charge is -2.28. The monoisotopic (exact) mass is 624 g/mol. The molecule has 1 aliphatic heterocycles. The number of rotatable bonds is 11. The number of benzene rings is 3. The number of hydrogen-bond acceptors (Lipinski definition) is 8. The molecule has 4 aromatic rings. The lowest BCUT2D eigenvalue weighted by atomic mass is 9.95. The second-order valence-electron chi connectivity index (χ2n) is 9.35. The van der Waals surface area contributed by atoms with Gasteiger partial charge in [0, 0.05) is 27.1 Å². The number of allylic oxidation sites excluding steroid dienone is 1. The van der Waals surface area contributed by atoms with Gasteiger partial charge in [-0.15, -0.1) is 5.10 Å². The lowest BCUT2D eigenvalue weighted by Crippen LogP contribution is -2.29. The number of carbonyl (C=O) groups is 1. The average Bonchev–Trinajstić information content (AvgIpc) is 3.38. The summed E-state index contributed by atoms with van der Waals surface area (Å²) < 4.78 is 19.3. The molecule has 1 unspecified atom stereocenters. The maximum absolute atomic E-state index is 13.3. The van der Waals surface area contributed by atoms with Crippen LogP contribution in [0.15, 0.2) is 83.2 Å². The van der Waals surface area contributed by atoms with E-state index in [0.29, 0.717) is 56.3 Å². The number of anilines is 1. The third-order valence-electron chi connectivity index (χ3n) is 6.57. The van der Waals surface area contributed by atoms with Crippen LogP contribution in [0.3, 0.4) is 0 Å². The molecule has 8 nitrogen and oxygen atoms in total. The Morgan fingerprint density at radius 2 is 1.67 bits per heavy atom. The average molecular weight is 626 g/mol. The van der Waals surface area contributed by atoms with Crippen molar-refractivity contribution >= 4 is 46.9 Å². The van der Waals surface area contributed by atoms with Crippen molar-refractivity contribution in [1.82, 2.24) is 14.8 Å². The van der Waals surface area contributed by atoms with Crippen LogP contribution in [0.2, 0.25) is 10.0 Å². The number of carbonyl (C=O) groups excluding carboxylic acids is 1. The van der Waals surface area contributed by atoms with E-state index < -0.39 is 12.0 Å². The number of aromatic nitrogens is 3. The summed E-state index contributed by atoms with van der Waals surface area (Å²) in [6, 6.07) is 20.2. The van der Waals surface area contributed by atoms with Crippen LogP contribution in [0.1, 0.15) is 43.5 Å². The fraction of sp³-hybridized carbons (Fsp3) is 0.258. The molecule has 42 heavy (non-hydrogen) atoms. The van der Waals surface area contributed by atoms with Crippen molar-refractivity contribution in [3.05, 3.63) is 105 Å². The van der Waals surface area contributed by atoms with Gasteiger partial charge < -0.3 is 19.5 Å². The van der Waals surface area contributed by atoms with Crippen molar-refractivity contribution in [2.45, 2.75) is 44.3 Å². The van der Waals surface area contributed by atoms with Gasteiger partial charge in [0.2, 0.25) is 11.1 Å². The fourth-order valence-corrected chi connectivity index (χ4v) is 5.89. The first kappa shape index (κ1) is 29.8. The molecule has 5 rings (SSSR count). The molecule has 0 radical (unpaired) electrons. The first-order valence-corrected chi connectivity index (χ1v) is 15.2. The fourth-order valence-electron chi connectivity index (χ4n) is 4.58. The third kappa shape index (κ3) is 6.53. The van der Waals surface area contributed by atoms with Crippen molar-refractivity contribution in [2.24, 2.45) is 0 Å². The molecule has 0 amide bonds. The van der Waals surface area contributed by atoms with E-state index in [-0.39, 0.29) is 13.2 Å². The largest absolute Gasteiger partial charge is 0.490 e. The molecule has 218 valence electrons. The van der Waals surface area contributed by atoms with Gasteiger partial charge in [0.05, 0.1) is 18.8 Å². The number of hydrogen-bond donors (Lipinski definition) is 1. The van der Waals surface area contributed by atoms with Crippen molar-refractivity contribution in [2.75, 3.05) is 18.5 Å². The van der Waals surface area contributed by atoms with Gasteiger partial charge in [0.15, 0.2) is 11.5 Å². The van der Waals surface area contributed by atoms with E-state index in [0.717, 1.165) is 16.7 Å². The summed E-state index contributed by atoms with van der Waals surface area (Å²) in [5.41, 5.74) is 3.68. The Balaban J connectivity index is 1.49. The summed E-state index contributed by atoms with van der Waals surface area (Å²) in [6.07, 6.45) is 0. The van der Waals surface area contributed by atoms with E-state index in [1.54, 1.807) is 11.6 Å². The molecule has 1 atom stereocenters. The number of fused-ring (bicyclic) bond motifs is 1. The quantitative estimate of drug-likeness (QED) is 0.134. The molecule has 1 aliphatic rings. The summed E-state index contributed by atoms with van der Waals surface area (Å²) in [5, 5.41) is 9.89. The smallest absolute Gasteiger partial charge is 0.338 e. The van der Waals surface area contributed by atoms with E-state index in [1.165, 1.54) is 11.8 Å². The molecular formula is C31H30Cl2N4O4S. The summed E-state index contributed by atoms with van der Waals surface area (Å²) in [6.45, 7) is 6.46. The van der Waals surface area contributed by atoms with Gasteiger partial charge in [0.25, 0.3) is 0 Å². The zero-order valence-electron chi connectivity index (χ0n) is 23.4. The van der Waals surface area contributed by atoms with E-state index in [2.05, 4.69) is 5.32 Å². The van der Waals surface area contributed by atoms with E-state index in [4.69, 9.17) is 47.5 Å². The molecule has 0 saturated heterocycles. The van der Waals surface area contributed by atoms with Crippen LogP contribution in [-0.4, -0.2) is 33.9 Å². The summed E-state index contributed by atoms with van der Waals surface area (Å²) >= 11 is 14.1. The zero-order valence-corrected chi connectivity index (χ0v) is 25.7. The predicted molar refractivity (Wildman–Crippen MR) is 166 cm³/mol.